The minimum atomic E-state index is -0.747. The molecule has 0 saturated heterocycles. The first kappa shape index (κ1) is 28.2. The number of hydrogen-bond acceptors (Lipinski definition) is 10. The zero-order valence-corrected chi connectivity index (χ0v) is 21.3. The summed E-state index contributed by atoms with van der Waals surface area (Å²) in [6.07, 6.45) is 0. The summed E-state index contributed by atoms with van der Waals surface area (Å²) in [4.78, 5) is 75.2. The number of ether oxygens (including phenoxy) is 2. The van der Waals surface area contributed by atoms with Crippen molar-refractivity contribution in [2.24, 2.45) is 0 Å². The zero-order valence-electron chi connectivity index (χ0n) is 21.3. The van der Waals surface area contributed by atoms with Gasteiger partial charge in [-0.1, -0.05) is 24.3 Å². The van der Waals surface area contributed by atoms with Gasteiger partial charge in [0.25, 0.3) is 0 Å². The summed E-state index contributed by atoms with van der Waals surface area (Å²) in [5.41, 5.74) is 0.320. The van der Waals surface area contributed by atoms with Gasteiger partial charge in [-0.2, -0.15) is 0 Å². The van der Waals surface area contributed by atoms with Gasteiger partial charge in [-0.3, -0.25) is 39.4 Å². The predicted molar refractivity (Wildman–Crippen MR) is 136 cm³/mol. The molecule has 0 bridgehead atoms. The molecule has 38 heavy (non-hydrogen) atoms. The van der Waals surface area contributed by atoms with Gasteiger partial charge >= 0.3 is 11.9 Å². The molecule has 0 spiro atoms. The van der Waals surface area contributed by atoms with Gasteiger partial charge in [-0.05, 0) is 26.0 Å². The number of ketones is 2. The Bertz CT molecular complexity index is 1210. The summed E-state index contributed by atoms with van der Waals surface area (Å²) in [6.45, 7) is 2.51. The van der Waals surface area contributed by atoms with Gasteiger partial charge in [-0.25, -0.2) is 0 Å². The van der Waals surface area contributed by atoms with E-state index in [2.05, 4.69) is 30.7 Å². The van der Waals surface area contributed by atoms with E-state index < -0.39 is 47.4 Å². The lowest BCUT2D eigenvalue weighted by Crippen LogP contribution is -2.40. The smallest absolute Gasteiger partial charge is 0.322 e. The number of hydrogen-bond donors (Lipinski definition) is 4. The Morgan fingerprint density at radius 2 is 1.05 bits per heavy atom. The summed E-state index contributed by atoms with van der Waals surface area (Å²) in [5, 5.41) is 10.6. The molecule has 2 amide bonds. The monoisotopic (exact) mass is 524 g/mol. The van der Waals surface area contributed by atoms with Crippen molar-refractivity contribution in [3.05, 3.63) is 58.7 Å². The summed E-state index contributed by atoms with van der Waals surface area (Å²) in [5.74, 6) is -3.25. The number of methoxy groups -OCH3 is 2. The van der Waals surface area contributed by atoms with Crippen LogP contribution in [0.25, 0.3) is 0 Å². The van der Waals surface area contributed by atoms with Crippen molar-refractivity contribution in [3.8, 4) is 0 Å². The maximum atomic E-state index is 13.5. The van der Waals surface area contributed by atoms with Crippen LogP contribution < -0.4 is 21.3 Å². The first-order valence-electron chi connectivity index (χ1n) is 11.7. The second-order valence-corrected chi connectivity index (χ2v) is 8.46. The van der Waals surface area contributed by atoms with Crippen LogP contribution in [0.5, 0.6) is 0 Å². The van der Waals surface area contributed by atoms with Gasteiger partial charge in [0.15, 0.2) is 11.6 Å². The average molecular weight is 525 g/mol. The van der Waals surface area contributed by atoms with Crippen LogP contribution in [0.4, 0.5) is 11.4 Å². The largest absolute Gasteiger partial charge is 0.468 e. The SMILES string of the molecule is COC(=O)[C@H](C)NCC(=O)Nc1ccc(NC(=O)CN[C@@H](C)C(=O)OC)c2c1C(=O)c1ccccc1C2=O. The van der Waals surface area contributed by atoms with E-state index in [9.17, 15) is 28.8 Å². The number of fused-ring (bicyclic) bond motifs is 2. The Kier molecular flexibility index (Phi) is 9.05. The number of benzene rings is 2. The van der Waals surface area contributed by atoms with Crippen molar-refractivity contribution in [2.75, 3.05) is 37.9 Å². The molecule has 0 radical (unpaired) electrons. The van der Waals surface area contributed by atoms with Gasteiger partial charge < -0.3 is 20.1 Å². The molecule has 2 atom stereocenters. The van der Waals surface area contributed by atoms with E-state index >= 15 is 0 Å². The standard InChI is InChI=1S/C26H28N4O8/c1-13(25(35)37-3)27-11-19(31)29-17-9-10-18(30-20(32)12-28-14(2)26(36)38-4)22-21(17)23(33)15-7-5-6-8-16(15)24(22)34/h5-10,13-14,27-28H,11-12H2,1-4H3,(H,29,31)(H,30,32)/t13-,14-/m0/s1. The third-order valence-corrected chi connectivity index (χ3v) is 5.87. The normalized spacial score (nSPS) is 13.5. The molecular weight excluding hydrogens is 496 g/mol. The van der Waals surface area contributed by atoms with Crippen LogP contribution in [0, 0.1) is 0 Å². The fourth-order valence-electron chi connectivity index (χ4n) is 3.83. The van der Waals surface area contributed by atoms with Crippen molar-refractivity contribution >= 4 is 46.7 Å². The molecule has 0 aliphatic heterocycles. The van der Waals surface area contributed by atoms with E-state index in [-0.39, 0.29) is 46.7 Å². The Morgan fingerprint density at radius 3 is 1.39 bits per heavy atom. The summed E-state index contributed by atoms with van der Waals surface area (Å²) >= 11 is 0. The fraction of sp³-hybridized carbons (Fsp3) is 0.308. The molecule has 12 nitrogen and oxygen atoms in total. The van der Waals surface area contributed by atoms with Crippen LogP contribution in [0.3, 0.4) is 0 Å². The second-order valence-electron chi connectivity index (χ2n) is 8.46. The molecule has 2 aromatic carbocycles. The minimum absolute atomic E-state index is 0.0702. The number of nitrogens with one attached hydrogen (secondary N) is 4. The summed E-state index contributed by atoms with van der Waals surface area (Å²) in [6, 6.07) is 7.56. The highest BCUT2D eigenvalue weighted by Gasteiger charge is 2.34. The molecule has 200 valence electrons. The highest BCUT2D eigenvalue weighted by molar-refractivity contribution is 6.32. The highest BCUT2D eigenvalue weighted by atomic mass is 16.5. The third-order valence-electron chi connectivity index (χ3n) is 5.87. The van der Waals surface area contributed by atoms with E-state index in [0.717, 1.165) is 0 Å². The number of carbonyl (C=O) groups is 6. The molecule has 0 aromatic heterocycles. The maximum absolute atomic E-state index is 13.5. The van der Waals surface area contributed by atoms with Crippen molar-refractivity contribution < 1.29 is 38.2 Å². The molecule has 1 aliphatic carbocycles. The van der Waals surface area contributed by atoms with Crippen LogP contribution in [0.1, 0.15) is 45.7 Å². The van der Waals surface area contributed by atoms with Gasteiger partial charge in [0.2, 0.25) is 11.8 Å². The average Bonchev–Trinajstić information content (AvgIpc) is 2.92. The van der Waals surface area contributed by atoms with Crippen molar-refractivity contribution in [1.29, 1.82) is 0 Å². The zero-order chi connectivity index (χ0) is 28.0. The number of carbonyl (C=O) groups excluding carboxylic acids is 6. The first-order chi connectivity index (χ1) is 18.1. The topological polar surface area (TPSA) is 169 Å². The van der Waals surface area contributed by atoms with Gasteiger partial charge in [0.1, 0.15) is 12.1 Å². The van der Waals surface area contributed by atoms with Crippen LogP contribution >= 0.6 is 0 Å². The second kappa shape index (κ2) is 12.2. The maximum Gasteiger partial charge on any atom is 0.322 e. The van der Waals surface area contributed by atoms with Crippen LogP contribution in [-0.4, -0.2) is 74.7 Å². The lowest BCUT2D eigenvalue weighted by atomic mass is 9.82. The Balaban J connectivity index is 1.90. The Morgan fingerprint density at radius 1 is 0.684 bits per heavy atom. The van der Waals surface area contributed by atoms with Crippen LogP contribution in [0.2, 0.25) is 0 Å². The van der Waals surface area contributed by atoms with Crippen LogP contribution in [0.15, 0.2) is 36.4 Å². The van der Waals surface area contributed by atoms with E-state index in [0.29, 0.717) is 0 Å². The van der Waals surface area contributed by atoms with Crippen molar-refractivity contribution in [1.82, 2.24) is 10.6 Å². The quantitative estimate of drug-likeness (QED) is 0.276. The molecule has 3 rings (SSSR count). The van der Waals surface area contributed by atoms with E-state index in [1.807, 2.05) is 0 Å². The molecular formula is C26H28N4O8. The van der Waals surface area contributed by atoms with Gasteiger partial charge in [0.05, 0.1) is 49.8 Å². The van der Waals surface area contributed by atoms with E-state index in [1.165, 1.54) is 52.3 Å². The lowest BCUT2D eigenvalue weighted by molar-refractivity contribution is -0.143. The number of rotatable bonds is 10. The number of anilines is 2. The highest BCUT2D eigenvalue weighted by Crippen LogP contribution is 2.36. The summed E-state index contributed by atoms with van der Waals surface area (Å²) in [7, 11) is 2.45. The first-order valence-corrected chi connectivity index (χ1v) is 11.7. The van der Waals surface area contributed by atoms with Crippen LogP contribution in [-0.2, 0) is 28.7 Å². The van der Waals surface area contributed by atoms with Gasteiger partial charge in [0, 0.05) is 11.1 Å². The minimum Gasteiger partial charge on any atom is -0.468 e. The van der Waals surface area contributed by atoms with E-state index in [1.54, 1.807) is 12.1 Å². The third kappa shape index (κ3) is 6.10. The molecule has 0 saturated carbocycles. The number of amides is 2. The predicted octanol–water partition coefficient (Wildman–Crippen LogP) is 0.641. The molecule has 0 heterocycles. The van der Waals surface area contributed by atoms with Crippen molar-refractivity contribution in [2.45, 2.75) is 25.9 Å². The molecule has 2 aromatic rings. The van der Waals surface area contributed by atoms with E-state index in [4.69, 9.17) is 0 Å². The van der Waals surface area contributed by atoms with Crippen molar-refractivity contribution in [3.63, 3.8) is 0 Å². The molecule has 0 unspecified atom stereocenters. The Labute approximate surface area is 218 Å². The summed E-state index contributed by atoms with van der Waals surface area (Å²) < 4.78 is 9.22. The Hall–Kier alpha value is -4.42. The molecule has 12 heteroatoms. The number of esters is 2. The fourth-order valence-corrected chi connectivity index (χ4v) is 3.83. The molecule has 0 fully saturated rings. The van der Waals surface area contributed by atoms with Gasteiger partial charge in [-0.15, -0.1) is 0 Å². The molecule has 4 N–H and O–H groups in total. The molecule has 1 aliphatic rings. The lowest BCUT2D eigenvalue weighted by Gasteiger charge is -2.23.